The topological polar surface area (TPSA) is 59.9 Å². The molecule has 0 radical (unpaired) electrons. The summed E-state index contributed by atoms with van der Waals surface area (Å²) in [6.45, 7) is 0. The highest BCUT2D eigenvalue weighted by Crippen LogP contribution is 2.44. The van der Waals surface area contributed by atoms with Crippen LogP contribution >= 0.6 is 0 Å². The molecule has 0 bridgehead atoms. The van der Waals surface area contributed by atoms with Gasteiger partial charge < -0.3 is 19.7 Å². The van der Waals surface area contributed by atoms with Crippen molar-refractivity contribution < 1.29 is 4.42 Å². The van der Waals surface area contributed by atoms with E-state index in [-0.39, 0.29) is 0 Å². The van der Waals surface area contributed by atoms with Crippen molar-refractivity contribution in [3.05, 3.63) is 108 Å². The summed E-state index contributed by atoms with van der Waals surface area (Å²) in [4.78, 5) is 3.28. The number of benzene rings is 3. The first kappa shape index (κ1) is 21.4. The molecule has 3 N–H and O–H groups in total. The number of hydrogen-bond donors (Lipinski definition) is 2. The molecule has 0 amide bonds. The van der Waals surface area contributed by atoms with Crippen LogP contribution < -0.4 is 5.73 Å². The highest BCUT2D eigenvalue weighted by Gasteiger charge is 2.24. The summed E-state index contributed by atoms with van der Waals surface area (Å²) in [5.41, 5.74) is 16.6. The van der Waals surface area contributed by atoms with Crippen molar-refractivity contribution in [2.75, 3.05) is 5.73 Å². The zero-order valence-corrected chi connectivity index (χ0v) is 21.0. The molecule has 8 rings (SSSR count). The highest BCUT2D eigenvalue weighted by atomic mass is 16.3. The molecular weight excluding hydrogens is 466 g/mol. The lowest BCUT2D eigenvalue weighted by Gasteiger charge is -2.21. The van der Waals surface area contributed by atoms with Crippen LogP contribution in [0.4, 0.5) is 5.82 Å². The van der Waals surface area contributed by atoms with E-state index in [1.165, 1.54) is 49.6 Å². The van der Waals surface area contributed by atoms with Gasteiger partial charge in [0, 0.05) is 39.7 Å². The number of aromatic amines is 1. The molecule has 38 heavy (non-hydrogen) atoms. The maximum Gasteiger partial charge on any atom is 0.137 e. The van der Waals surface area contributed by atoms with E-state index in [2.05, 4.69) is 94.5 Å². The van der Waals surface area contributed by atoms with Gasteiger partial charge in [0.15, 0.2) is 0 Å². The second-order valence-corrected chi connectivity index (χ2v) is 10.3. The van der Waals surface area contributed by atoms with Gasteiger partial charge in [-0.25, -0.2) is 0 Å². The Hall–Kier alpha value is -4.70. The SMILES string of the molecule is Nc1ccc(-c2cccc(C3=C(n4c5ccccc5c5ccc6oc7c(c6c54)C=CCC7)CCC=C3)c2)[nH]1. The molecule has 3 aromatic carbocycles. The number of hydrogen-bond acceptors (Lipinski definition) is 2. The summed E-state index contributed by atoms with van der Waals surface area (Å²) in [6, 6.07) is 25.9. The minimum atomic E-state index is 0.676. The van der Waals surface area contributed by atoms with Gasteiger partial charge in [0.1, 0.15) is 17.2 Å². The van der Waals surface area contributed by atoms with Crippen molar-refractivity contribution in [1.82, 2.24) is 9.55 Å². The Morgan fingerprint density at radius 3 is 2.58 bits per heavy atom. The Bertz CT molecular complexity index is 1990. The van der Waals surface area contributed by atoms with Gasteiger partial charge in [-0.15, -0.1) is 0 Å². The van der Waals surface area contributed by atoms with Crippen LogP contribution in [-0.4, -0.2) is 9.55 Å². The molecule has 4 heteroatoms. The van der Waals surface area contributed by atoms with E-state index in [1.54, 1.807) is 0 Å². The highest BCUT2D eigenvalue weighted by molar-refractivity contribution is 6.21. The van der Waals surface area contributed by atoms with Gasteiger partial charge in [0.2, 0.25) is 0 Å². The van der Waals surface area contributed by atoms with Crippen LogP contribution in [-0.2, 0) is 6.42 Å². The van der Waals surface area contributed by atoms with Crippen LogP contribution in [0.15, 0.2) is 95.4 Å². The Morgan fingerprint density at radius 2 is 1.66 bits per heavy atom. The fourth-order valence-electron chi connectivity index (χ4n) is 6.35. The molecular formula is C34H27N3O. The van der Waals surface area contributed by atoms with E-state index < -0.39 is 0 Å². The molecule has 0 saturated carbocycles. The number of allylic oxidation sites excluding steroid dienone is 5. The van der Waals surface area contributed by atoms with Crippen molar-refractivity contribution in [1.29, 1.82) is 0 Å². The summed E-state index contributed by atoms with van der Waals surface area (Å²) in [7, 11) is 0. The van der Waals surface area contributed by atoms with Gasteiger partial charge in [0.05, 0.1) is 16.4 Å². The van der Waals surface area contributed by atoms with Gasteiger partial charge >= 0.3 is 0 Å². The lowest BCUT2D eigenvalue weighted by molar-refractivity contribution is 0.546. The van der Waals surface area contributed by atoms with E-state index in [4.69, 9.17) is 10.2 Å². The Kier molecular flexibility index (Phi) is 4.59. The minimum absolute atomic E-state index is 0.676. The Morgan fingerprint density at radius 1 is 0.789 bits per heavy atom. The number of nitrogens with zero attached hydrogens (tertiary/aromatic N) is 1. The van der Waals surface area contributed by atoms with Crippen molar-refractivity contribution in [2.45, 2.75) is 25.7 Å². The lowest BCUT2D eigenvalue weighted by atomic mass is 9.94. The van der Waals surface area contributed by atoms with Crippen molar-refractivity contribution in [3.8, 4) is 11.3 Å². The Labute approximate surface area is 220 Å². The molecule has 0 saturated heterocycles. The van der Waals surface area contributed by atoms with Crippen LogP contribution in [0.25, 0.3) is 61.4 Å². The fraction of sp³-hybridized carbons (Fsp3) is 0.118. The van der Waals surface area contributed by atoms with Gasteiger partial charge in [-0.3, -0.25) is 0 Å². The normalized spacial score (nSPS) is 15.3. The second kappa shape index (κ2) is 8.15. The van der Waals surface area contributed by atoms with Gasteiger partial charge in [-0.2, -0.15) is 0 Å². The van der Waals surface area contributed by atoms with Crippen molar-refractivity contribution in [3.63, 3.8) is 0 Å². The standard InChI is InChI=1S/C34H27N3O/c35-32-19-17-27(36-32)22-9-7-8-21(20-22)23-10-1-4-13-28(23)37-29-14-5-2-11-24(29)25-16-18-31-33(34(25)37)26-12-3-6-15-30(26)38-31/h1-3,5,7-12,14,16-20,36H,4,6,13,15,35H2. The van der Waals surface area contributed by atoms with Crippen LogP contribution in [0.3, 0.4) is 0 Å². The van der Waals surface area contributed by atoms with Gasteiger partial charge in [-0.1, -0.05) is 60.7 Å². The maximum absolute atomic E-state index is 6.41. The largest absolute Gasteiger partial charge is 0.460 e. The van der Waals surface area contributed by atoms with Crippen LogP contribution in [0.2, 0.25) is 0 Å². The number of furan rings is 1. The summed E-state index contributed by atoms with van der Waals surface area (Å²) < 4.78 is 8.92. The number of anilines is 1. The molecule has 3 aromatic heterocycles. The van der Waals surface area contributed by atoms with E-state index in [0.29, 0.717) is 5.82 Å². The monoisotopic (exact) mass is 493 g/mol. The quantitative estimate of drug-likeness (QED) is 0.259. The third-order valence-electron chi connectivity index (χ3n) is 8.03. The zero-order valence-electron chi connectivity index (χ0n) is 21.0. The minimum Gasteiger partial charge on any atom is -0.460 e. The van der Waals surface area contributed by atoms with E-state index in [1.807, 2.05) is 12.1 Å². The molecule has 2 aliphatic rings. The van der Waals surface area contributed by atoms with Gasteiger partial charge in [-0.05, 0) is 66.8 Å². The number of nitrogen functional groups attached to an aromatic ring is 1. The predicted octanol–water partition coefficient (Wildman–Crippen LogP) is 8.80. The molecule has 0 atom stereocenters. The molecule has 2 aliphatic carbocycles. The number of H-pyrrole nitrogens is 1. The number of aromatic nitrogens is 2. The average Bonchev–Trinajstić information content (AvgIpc) is 3.66. The number of para-hydroxylation sites is 1. The summed E-state index contributed by atoms with van der Waals surface area (Å²) in [6.07, 6.45) is 13.1. The second-order valence-electron chi connectivity index (χ2n) is 10.3. The van der Waals surface area contributed by atoms with Crippen LogP contribution in [0, 0.1) is 0 Å². The van der Waals surface area contributed by atoms with Crippen LogP contribution in [0.1, 0.15) is 36.1 Å². The first-order valence-corrected chi connectivity index (χ1v) is 13.4. The first-order valence-electron chi connectivity index (χ1n) is 13.4. The maximum atomic E-state index is 6.41. The fourth-order valence-corrected chi connectivity index (χ4v) is 6.35. The molecule has 3 heterocycles. The third kappa shape index (κ3) is 3.10. The summed E-state index contributed by atoms with van der Waals surface area (Å²) in [5.74, 6) is 1.78. The third-order valence-corrected chi connectivity index (χ3v) is 8.03. The van der Waals surface area contributed by atoms with E-state index in [0.717, 1.165) is 48.3 Å². The van der Waals surface area contributed by atoms with E-state index in [9.17, 15) is 0 Å². The molecule has 0 spiro atoms. The van der Waals surface area contributed by atoms with Crippen LogP contribution in [0.5, 0.6) is 0 Å². The van der Waals surface area contributed by atoms with E-state index >= 15 is 0 Å². The molecule has 4 nitrogen and oxygen atoms in total. The van der Waals surface area contributed by atoms with Gasteiger partial charge in [0.25, 0.3) is 0 Å². The first-order chi connectivity index (χ1) is 18.8. The predicted molar refractivity (Wildman–Crippen MR) is 159 cm³/mol. The number of nitrogens with two attached hydrogens (primary N) is 1. The molecule has 0 aliphatic heterocycles. The Balaban J connectivity index is 1.46. The summed E-state index contributed by atoms with van der Waals surface area (Å²) >= 11 is 0. The van der Waals surface area contributed by atoms with Crippen molar-refractivity contribution in [2.24, 2.45) is 0 Å². The number of aryl methyl sites for hydroxylation is 1. The number of rotatable bonds is 3. The number of fused-ring (bicyclic) bond motifs is 7. The average molecular weight is 494 g/mol. The summed E-state index contributed by atoms with van der Waals surface area (Å²) in [5, 5.41) is 3.77. The zero-order chi connectivity index (χ0) is 25.2. The molecule has 6 aromatic rings. The molecule has 0 fully saturated rings. The van der Waals surface area contributed by atoms with Crippen molar-refractivity contribution >= 4 is 55.9 Å². The molecule has 0 unspecified atom stereocenters. The lowest BCUT2D eigenvalue weighted by Crippen LogP contribution is -2.04. The number of nitrogens with one attached hydrogen (secondary N) is 1. The smallest absolute Gasteiger partial charge is 0.137 e. The molecule has 184 valence electrons.